The average molecular weight is 275 g/mol. The van der Waals surface area contributed by atoms with Gasteiger partial charge in [0.05, 0.1) is 11.5 Å². The quantitative estimate of drug-likeness (QED) is 0.573. The highest BCUT2D eigenvalue weighted by Gasteiger charge is 2.07. The summed E-state index contributed by atoms with van der Waals surface area (Å²) >= 11 is 0. The molecule has 0 aromatic carbocycles. The van der Waals surface area contributed by atoms with E-state index in [-0.39, 0.29) is 24.3 Å². The zero-order valence-electron chi connectivity index (χ0n) is 9.03. The summed E-state index contributed by atoms with van der Waals surface area (Å²) in [5.74, 6) is -0.620. The van der Waals surface area contributed by atoms with E-state index in [0.717, 1.165) is 0 Å². The Bertz CT molecular complexity index is 349. The van der Waals surface area contributed by atoms with E-state index in [9.17, 15) is 16.8 Å². The van der Waals surface area contributed by atoms with Crippen LogP contribution in [0.1, 0.15) is 12.8 Å². The first-order valence-corrected chi connectivity index (χ1v) is 7.91. The van der Waals surface area contributed by atoms with Gasteiger partial charge in [-0.15, -0.1) is 0 Å². The summed E-state index contributed by atoms with van der Waals surface area (Å²) in [5.41, 5.74) is 0. The van der Waals surface area contributed by atoms with Gasteiger partial charge in [-0.3, -0.25) is 9.11 Å². The molecule has 0 aliphatic carbocycles. The summed E-state index contributed by atoms with van der Waals surface area (Å²) in [6, 6.07) is 0. The molecule has 7 nitrogen and oxygen atoms in total. The third kappa shape index (κ3) is 11.9. The zero-order valence-corrected chi connectivity index (χ0v) is 10.7. The Balaban J connectivity index is 3.64. The highest BCUT2D eigenvalue weighted by Crippen LogP contribution is 1.95. The first-order valence-electron chi connectivity index (χ1n) is 4.69. The van der Waals surface area contributed by atoms with Crippen LogP contribution in [0, 0.1) is 0 Å². The molecule has 0 aliphatic heterocycles. The largest absolute Gasteiger partial charge is 0.306 e. The summed E-state index contributed by atoms with van der Waals surface area (Å²) in [6.07, 6.45) is 0.558. The van der Waals surface area contributed by atoms with Crippen LogP contribution in [-0.4, -0.2) is 62.5 Å². The van der Waals surface area contributed by atoms with Crippen molar-refractivity contribution in [2.45, 2.75) is 12.8 Å². The molecule has 0 aromatic heterocycles. The molecule has 0 unspecified atom stereocenters. The minimum atomic E-state index is -3.93. The first-order chi connectivity index (χ1) is 7.10. The summed E-state index contributed by atoms with van der Waals surface area (Å²) in [6.45, 7) is 0.872. The molecule has 98 valence electrons. The summed E-state index contributed by atoms with van der Waals surface area (Å²) in [7, 11) is -6.15. The van der Waals surface area contributed by atoms with E-state index in [4.69, 9.17) is 9.11 Å². The monoisotopic (exact) mass is 275 g/mol. The van der Waals surface area contributed by atoms with Crippen LogP contribution < -0.4 is 0 Å². The zero-order chi connectivity index (χ0) is 12.8. The van der Waals surface area contributed by atoms with Crippen LogP contribution in [0.25, 0.3) is 0 Å². The normalized spacial score (nSPS) is 13.2. The Labute approximate surface area is 95.9 Å². The predicted molar refractivity (Wildman–Crippen MR) is 59.6 cm³/mol. The highest BCUT2D eigenvalue weighted by atomic mass is 32.2. The van der Waals surface area contributed by atoms with Crippen LogP contribution in [0.15, 0.2) is 0 Å². The maximum absolute atomic E-state index is 10.4. The second kappa shape index (κ2) is 6.50. The third-order valence-corrected chi connectivity index (χ3v) is 3.49. The molecule has 0 aromatic rings. The summed E-state index contributed by atoms with van der Waals surface area (Å²) in [5, 5.41) is 0. The van der Waals surface area contributed by atoms with Gasteiger partial charge in [-0.2, -0.15) is 16.8 Å². The Hall–Kier alpha value is -0.220. The van der Waals surface area contributed by atoms with Crippen LogP contribution in [0.5, 0.6) is 0 Å². The minimum absolute atomic E-state index is 0.279. The van der Waals surface area contributed by atoms with Crippen molar-refractivity contribution in [1.29, 1.82) is 0 Å². The topological polar surface area (TPSA) is 112 Å². The lowest BCUT2D eigenvalue weighted by Crippen LogP contribution is -2.24. The van der Waals surface area contributed by atoms with Crippen molar-refractivity contribution in [2.75, 3.05) is 31.6 Å². The van der Waals surface area contributed by atoms with Gasteiger partial charge in [0.25, 0.3) is 20.2 Å². The van der Waals surface area contributed by atoms with E-state index in [0.29, 0.717) is 13.1 Å². The second-order valence-electron chi connectivity index (χ2n) is 3.58. The molecule has 2 N–H and O–H groups in total. The predicted octanol–water partition coefficient (Wildman–Crippen LogP) is -0.526. The van der Waals surface area contributed by atoms with Crippen LogP contribution in [0.4, 0.5) is 0 Å². The van der Waals surface area contributed by atoms with Crippen molar-refractivity contribution in [3.63, 3.8) is 0 Å². The average Bonchev–Trinajstić information content (AvgIpc) is 1.98. The molecule has 0 radical (unpaired) electrons. The molecule has 0 saturated carbocycles. The molecule has 0 bridgehead atoms. The summed E-state index contributed by atoms with van der Waals surface area (Å²) < 4.78 is 58.4. The molecule has 0 rings (SSSR count). The van der Waals surface area contributed by atoms with Crippen LogP contribution >= 0.6 is 0 Å². The molecule has 0 aliphatic rings. The molecule has 0 fully saturated rings. The van der Waals surface area contributed by atoms with Crippen molar-refractivity contribution >= 4 is 20.2 Å². The van der Waals surface area contributed by atoms with Gasteiger partial charge in [-0.25, -0.2) is 0 Å². The number of hydrogen-bond acceptors (Lipinski definition) is 5. The molecule has 9 heteroatoms. The van der Waals surface area contributed by atoms with Gasteiger partial charge >= 0.3 is 0 Å². The lowest BCUT2D eigenvalue weighted by molar-refractivity contribution is 0.333. The van der Waals surface area contributed by atoms with Gasteiger partial charge in [0.2, 0.25) is 0 Å². The molecule has 0 heterocycles. The molecule has 0 amide bonds. The molecule has 0 atom stereocenters. The number of rotatable bonds is 8. The van der Waals surface area contributed by atoms with Gasteiger partial charge in [-0.05, 0) is 33.0 Å². The first kappa shape index (κ1) is 15.8. The van der Waals surface area contributed by atoms with Gasteiger partial charge in [0, 0.05) is 0 Å². The maximum atomic E-state index is 10.4. The number of hydrogen-bond donors (Lipinski definition) is 2. The van der Waals surface area contributed by atoms with Crippen molar-refractivity contribution in [3.8, 4) is 0 Å². The SMILES string of the molecule is CN(CCCS(=O)(=O)O)CCCS(=O)(=O)O. The van der Waals surface area contributed by atoms with E-state index in [1.54, 1.807) is 11.9 Å². The molecular formula is C7H17NO6S2. The molecule has 16 heavy (non-hydrogen) atoms. The highest BCUT2D eigenvalue weighted by molar-refractivity contribution is 7.86. The van der Waals surface area contributed by atoms with Crippen LogP contribution in [-0.2, 0) is 20.2 Å². The van der Waals surface area contributed by atoms with Crippen molar-refractivity contribution < 1.29 is 25.9 Å². The number of nitrogens with zero attached hydrogens (tertiary/aromatic N) is 1. The lowest BCUT2D eigenvalue weighted by Gasteiger charge is -2.15. The Morgan fingerprint density at radius 1 is 0.875 bits per heavy atom. The van der Waals surface area contributed by atoms with E-state index in [1.165, 1.54) is 0 Å². The standard InChI is InChI=1S/C7H17NO6S2/c1-8(4-2-6-15(9,10)11)5-3-7-16(12,13)14/h2-7H2,1H3,(H,9,10,11)(H,12,13,14). The Morgan fingerprint density at radius 3 is 1.44 bits per heavy atom. The lowest BCUT2D eigenvalue weighted by atomic mass is 10.4. The fourth-order valence-electron chi connectivity index (χ4n) is 1.15. The van der Waals surface area contributed by atoms with Crippen molar-refractivity contribution in [2.24, 2.45) is 0 Å². The van der Waals surface area contributed by atoms with E-state index >= 15 is 0 Å². The fraction of sp³-hybridized carbons (Fsp3) is 1.00. The van der Waals surface area contributed by atoms with Crippen LogP contribution in [0.2, 0.25) is 0 Å². The smallest absolute Gasteiger partial charge is 0.264 e. The van der Waals surface area contributed by atoms with Gasteiger partial charge in [0.15, 0.2) is 0 Å². The van der Waals surface area contributed by atoms with Gasteiger partial charge < -0.3 is 4.90 Å². The van der Waals surface area contributed by atoms with Crippen molar-refractivity contribution in [1.82, 2.24) is 4.90 Å². The van der Waals surface area contributed by atoms with E-state index < -0.39 is 20.2 Å². The third-order valence-electron chi connectivity index (χ3n) is 1.88. The van der Waals surface area contributed by atoms with Gasteiger partial charge in [0.1, 0.15) is 0 Å². The Kier molecular flexibility index (Phi) is 6.41. The van der Waals surface area contributed by atoms with Crippen molar-refractivity contribution in [3.05, 3.63) is 0 Å². The van der Waals surface area contributed by atoms with E-state index in [2.05, 4.69) is 0 Å². The maximum Gasteiger partial charge on any atom is 0.264 e. The fourth-order valence-corrected chi connectivity index (χ4v) is 2.13. The molecular weight excluding hydrogens is 258 g/mol. The van der Waals surface area contributed by atoms with Gasteiger partial charge in [-0.1, -0.05) is 0 Å². The summed E-state index contributed by atoms with van der Waals surface area (Å²) in [4.78, 5) is 1.73. The molecule has 0 spiro atoms. The van der Waals surface area contributed by atoms with Crippen LogP contribution in [0.3, 0.4) is 0 Å². The second-order valence-corrected chi connectivity index (χ2v) is 6.73. The van der Waals surface area contributed by atoms with E-state index in [1.807, 2.05) is 0 Å². The Morgan fingerprint density at radius 2 is 1.19 bits per heavy atom. The minimum Gasteiger partial charge on any atom is -0.306 e. The molecule has 0 saturated heterocycles.